The van der Waals surface area contributed by atoms with Crippen molar-refractivity contribution < 1.29 is 4.79 Å². The Kier molecular flexibility index (Phi) is 5.33. The molecule has 0 atom stereocenters. The molecule has 0 saturated carbocycles. The number of hydrogen-bond donors (Lipinski definition) is 1. The van der Waals surface area contributed by atoms with E-state index >= 15 is 0 Å². The van der Waals surface area contributed by atoms with Crippen LogP contribution in [-0.4, -0.2) is 16.6 Å². The summed E-state index contributed by atoms with van der Waals surface area (Å²) in [5, 5.41) is 21.8. The van der Waals surface area contributed by atoms with Crippen LogP contribution in [0.4, 0.5) is 5.69 Å². The molecule has 124 valence electrons. The van der Waals surface area contributed by atoms with Gasteiger partial charge in [0.2, 0.25) is 5.91 Å². The second kappa shape index (κ2) is 7.83. The van der Waals surface area contributed by atoms with Gasteiger partial charge in [0, 0.05) is 5.69 Å². The quantitative estimate of drug-likeness (QED) is 0.855. The first kappa shape index (κ1) is 17.0. The van der Waals surface area contributed by atoms with Gasteiger partial charge in [-0.2, -0.15) is 10.5 Å². The number of aromatic nitrogens is 1. The number of amides is 1. The van der Waals surface area contributed by atoms with Crippen LogP contribution in [0.2, 0.25) is 0 Å². The van der Waals surface area contributed by atoms with E-state index in [2.05, 4.69) is 22.4 Å². The summed E-state index contributed by atoms with van der Waals surface area (Å²) in [5.41, 5.74) is 3.64. The summed E-state index contributed by atoms with van der Waals surface area (Å²) in [6.45, 7) is 0. The molecule has 1 heterocycles. The van der Waals surface area contributed by atoms with E-state index in [1.165, 1.54) is 11.8 Å². The van der Waals surface area contributed by atoms with E-state index in [1.807, 2.05) is 6.07 Å². The maximum Gasteiger partial charge on any atom is 0.234 e. The van der Waals surface area contributed by atoms with Crippen molar-refractivity contribution >= 4 is 23.4 Å². The fourth-order valence-corrected chi connectivity index (χ4v) is 3.59. The van der Waals surface area contributed by atoms with E-state index < -0.39 is 0 Å². The van der Waals surface area contributed by atoms with E-state index in [-0.39, 0.29) is 11.7 Å². The number of nitrogens with one attached hydrogen (secondary N) is 1. The number of thioether (sulfide) groups is 1. The number of pyridine rings is 1. The Hall–Kier alpha value is -2.83. The van der Waals surface area contributed by atoms with Gasteiger partial charge in [-0.1, -0.05) is 23.9 Å². The lowest BCUT2D eigenvalue weighted by molar-refractivity contribution is -0.113. The van der Waals surface area contributed by atoms with Crippen molar-refractivity contribution in [1.82, 2.24) is 4.98 Å². The van der Waals surface area contributed by atoms with Crippen LogP contribution in [0.1, 0.15) is 35.2 Å². The monoisotopic (exact) mass is 348 g/mol. The highest BCUT2D eigenvalue weighted by molar-refractivity contribution is 8.00. The molecular weight excluding hydrogens is 332 g/mol. The zero-order valence-electron chi connectivity index (χ0n) is 13.6. The van der Waals surface area contributed by atoms with Gasteiger partial charge in [-0.15, -0.1) is 0 Å². The number of nitriles is 2. The molecule has 5 nitrogen and oxygen atoms in total. The van der Waals surface area contributed by atoms with Crippen molar-refractivity contribution in [3.63, 3.8) is 0 Å². The van der Waals surface area contributed by atoms with E-state index in [4.69, 9.17) is 5.26 Å². The Bertz CT molecular complexity index is 895. The molecule has 0 aliphatic heterocycles. The van der Waals surface area contributed by atoms with E-state index in [1.54, 1.807) is 24.3 Å². The minimum atomic E-state index is -0.226. The number of hydrogen-bond acceptors (Lipinski definition) is 5. The lowest BCUT2D eigenvalue weighted by Crippen LogP contribution is -2.15. The van der Waals surface area contributed by atoms with Crippen LogP contribution >= 0.6 is 11.8 Å². The molecule has 0 bridgehead atoms. The summed E-state index contributed by atoms with van der Waals surface area (Å²) in [7, 11) is 0. The predicted molar refractivity (Wildman–Crippen MR) is 96.1 cm³/mol. The molecule has 3 rings (SSSR count). The number of fused-ring (bicyclic) bond motifs is 1. The third-order valence-electron chi connectivity index (χ3n) is 4.05. The molecule has 1 aliphatic rings. The first-order valence-electron chi connectivity index (χ1n) is 8.06. The van der Waals surface area contributed by atoms with Crippen molar-refractivity contribution in [2.24, 2.45) is 0 Å². The van der Waals surface area contributed by atoms with Gasteiger partial charge in [-0.25, -0.2) is 4.98 Å². The van der Waals surface area contributed by atoms with Gasteiger partial charge >= 0.3 is 0 Å². The number of carbonyl (C=O) groups is 1. The number of aryl methyl sites for hydroxylation is 2. The molecule has 0 unspecified atom stereocenters. The molecule has 1 aromatic carbocycles. The number of para-hydroxylation sites is 1. The number of carbonyl (C=O) groups excluding carboxylic acids is 1. The zero-order valence-corrected chi connectivity index (χ0v) is 14.4. The van der Waals surface area contributed by atoms with Crippen LogP contribution in [0.25, 0.3) is 0 Å². The lowest BCUT2D eigenvalue weighted by atomic mass is 9.95. The maximum atomic E-state index is 12.2. The molecular formula is C19H16N4OS. The van der Waals surface area contributed by atoms with Crippen LogP contribution in [0.15, 0.2) is 35.4 Å². The number of nitrogens with zero attached hydrogens (tertiary/aromatic N) is 3. The van der Waals surface area contributed by atoms with Crippen molar-refractivity contribution in [1.29, 1.82) is 10.5 Å². The van der Waals surface area contributed by atoms with Crippen LogP contribution in [-0.2, 0) is 17.6 Å². The molecule has 0 saturated heterocycles. The maximum absolute atomic E-state index is 12.2. The summed E-state index contributed by atoms with van der Waals surface area (Å²) in [5.74, 6) is -0.0867. The van der Waals surface area contributed by atoms with Crippen molar-refractivity contribution in [2.75, 3.05) is 11.1 Å². The van der Waals surface area contributed by atoms with Gasteiger partial charge in [0.15, 0.2) is 0 Å². The summed E-state index contributed by atoms with van der Waals surface area (Å²) < 4.78 is 0. The molecule has 1 aromatic heterocycles. The Labute approximate surface area is 150 Å². The third kappa shape index (κ3) is 3.99. The normalized spacial score (nSPS) is 12.6. The summed E-state index contributed by atoms with van der Waals surface area (Å²) >= 11 is 1.26. The van der Waals surface area contributed by atoms with Crippen molar-refractivity contribution in [2.45, 2.75) is 30.7 Å². The molecule has 0 radical (unpaired) electrons. The second-order valence-electron chi connectivity index (χ2n) is 5.76. The van der Waals surface area contributed by atoms with Gasteiger partial charge in [0.1, 0.15) is 17.2 Å². The standard InChI is InChI=1S/C19H16N4OS/c20-10-14-6-2-4-8-17(14)22-18(24)12-25-19-15(11-21)9-13-5-1-3-7-16(13)23-19/h2,4,6,8-9H,1,3,5,7,12H2,(H,22,24). The average Bonchev–Trinajstić information content (AvgIpc) is 2.66. The summed E-state index contributed by atoms with van der Waals surface area (Å²) in [6, 6.07) is 13.0. The fourth-order valence-electron chi connectivity index (χ4n) is 2.81. The minimum Gasteiger partial charge on any atom is -0.324 e. The van der Waals surface area contributed by atoms with E-state index in [0.717, 1.165) is 36.9 Å². The number of rotatable bonds is 4. The predicted octanol–water partition coefficient (Wildman–Crippen LogP) is 3.43. The van der Waals surface area contributed by atoms with E-state index in [9.17, 15) is 10.1 Å². The molecule has 1 N–H and O–H groups in total. The van der Waals surface area contributed by atoms with Gasteiger partial charge in [0.25, 0.3) is 0 Å². The molecule has 0 spiro atoms. The van der Waals surface area contributed by atoms with Gasteiger partial charge in [0.05, 0.1) is 22.6 Å². The Morgan fingerprint density at radius 2 is 1.92 bits per heavy atom. The lowest BCUT2D eigenvalue weighted by Gasteiger charge is -2.16. The minimum absolute atomic E-state index is 0.139. The van der Waals surface area contributed by atoms with Crippen LogP contribution in [0.5, 0.6) is 0 Å². The Morgan fingerprint density at radius 1 is 1.16 bits per heavy atom. The topological polar surface area (TPSA) is 89.6 Å². The average molecular weight is 348 g/mol. The largest absolute Gasteiger partial charge is 0.324 e. The van der Waals surface area contributed by atoms with E-state index in [0.29, 0.717) is 21.8 Å². The number of anilines is 1. The fraction of sp³-hybridized carbons (Fsp3) is 0.263. The summed E-state index contributed by atoms with van der Waals surface area (Å²) in [6.07, 6.45) is 4.14. The van der Waals surface area contributed by atoms with Crippen molar-refractivity contribution in [3.05, 3.63) is 52.7 Å². The van der Waals surface area contributed by atoms with Gasteiger partial charge < -0.3 is 5.32 Å². The smallest absolute Gasteiger partial charge is 0.234 e. The molecule has 1 aliphatic carbocycles. The zero-order chi connectivity index (χ0) is 17.6. The Morgan fingerprint density at radius 3 is 2.72 bits per heavy atom. The highest BCUT2D eigenvalue weighted by atomic mass is 32.2. The summed E-state index contributed by atoms with van der Waals surface area (Å²) in [4.78, 5) is 16.8. The second-order valence-corrected chi connectivity index (χ2v) is 6.72. The molecule has 0 fully saturated rings. The van der Waals surface area contributed by atoms with Crippen molar-refractivity contribution in [3.8, 4) is 12.1 Å². The molecule has 1 amide bonds. The number of benzene rings is 1. The first-order valence-corrected chi connectivity index (χ1v) is 9.04. The van der Waals surface area contributed by atoms with Crippen LogP contribution in [0, 0.1) is 22.7 Å². The van der Waals surface area contributed by atoms with Gasteiger partial charge in [-0.3, -0.25) is 4.79 Å². The highest BCUT2D eigenvalue weighted by Gasteiger charge is 2.16. The molecule has 6 heteroatoms. The highest BCUT2D eigenvalue weighted by Crippen LogP contribution is 2.27. The molecule has 25 heavy (non-hydrogen) atoms. The Balaban J connectivity index is 1.70. The first-order chi connectivity index (χ1) is 12.2. The third-order valence-corrected chi connectivity index (χ3v) is 5.04. The molecule has 2 aromatic rings. The van der Waals surface area contributed by atoms with Crippen LogP contribution < -0.4 is 5.32 Å². The van der Waals surface area contributed by atoms with Gasteiger partial charge in [-0.05, 0) is 49.4 Å². The van der Waals surface area contributed by atoms with Crippen LogP contribution in [0.3, 0.4) is 0 Å². The SMILES string of the molecule is N#Cc1ccccc1NC(=O)CSc1nc2c(cc1C#N)CCCC2.